The number of rotatable bonds is 7. The fourth-order valence-corrected chi connectivity index (χ4v) is 2.99. The molecule has 2 rings (SSSR count). The van der Waals surface area contributed by atoms with Crippen LogP contribution in [0.25, 0.3) is 0 Å². The van der Waals surface area contributed by atoms with Gasteiger partial charge in [0.15, 0.2) is 0 Å². The zero-order valence-corrected chi connectivity index (χ0v) is 15.6. The standard InChI is InChI=1S/C19H23FN2O5/c1-4-26-19(25)18-12(3)22(11-16(23)21-27-5-2)17(24)10-15(18)13-6-8-14(20)9-7-13/h6-9,15H,4-5,10-11H2,1-3H3,(H,21,23). The van der Waals surface area contributed by atoms with Crippen LogP contribution in [0.1, 0.15) is 38.7 Å². The second kappa shape index (κ2) is 9.27. The van der Waals surface area contributed by atoms with Crippen molar-refractivity contribution in [2.75, 3.05) is 19.8 Å². The van der Waals surface area contributed by atoms with Gasteiger partial charge in [0.25, 0.3) is 5.91 Å². The van der Waals surface area contributed by atoms with Gasteiger partial charge in [-0.05, 0) is 38.5 Å². The van der Waals surface area contributed by atoms with E-state index in [9.17, 15) is 18.8 Å². The van der Waals surface area contributed by atoms with Gasteiger partial charge in [-0.1, -0.05) is 12.1 Å². The lowest BCUT2D eigenvalue weighted by Gasteiger charge is -2.34. The molecule has 0 spiro atoms. The zero-order chi connectivity index (χ0) is 20.0. The van der Waals surface area contributed by atoms with Crippen molar-refractivity contribution < 1.29 is 28.3 Å². The van der Waals surface area contributed by atoms with Gasteiger partial charge < -0.3 is 9.64 Å². The van der Waals surface area contributed by atoms with Crippen molar-refractivity contribution in [3.63, 3.8) is 0 Å². The summed E-state index contributed by atoms with van der Waals surface area (Å²) < 4.78 is 18.4. The summed E-state index contributed by atoms with van der Waals surface area (Å²) in [5.74, 6) is -2.36. The van der Waals surface area contributed by atoms with Gasteiger partial charge in [-0.15, -0.1) is 0 Å². The number of hydrogen-bond donors (Lipinski definition) is 1. The van der Waals surface area contributed by atoms with Crippen LogP contribution in [0.5, 0.6) is 0 Å². The summed E-state index contributed by atoms with van der Waals surface area (Å²) in [6.07, 6.45) is -0.0287. The molecular formula is C19H23FN2O5. The third-order valence-corrected chi connectivity index (χ3v) is 4.22. The van der Waals surface area contributed by atoms with Crippen LogP contribution in [0, 0.1) is 5.82 Å². The van der Waals surface area contributed by atoms with E-state index in [2.05, 4.69) is 5.48 Å². The second-order valence-corrected chi connectivity index (χ2v) is 5.97. The third kappa shape index (κ3) is 4.91. The number of allylic oxidation sites excluding steroid dienone is 1. The maximum atomic E-state index is 13.3. The maximum Gasteiger partial charge on any atom is 0.336 e. The molecule has 146 valence electrons. The molecule has 1 unspecified atom stereocenters. The fraction of sp³-hybridized carbons (Fsp3) is 0.421. The molecule has 1 aliphatic heterocycles. The fourth-order valence-electron chi connectivity index (χ4n) is 2.99. The Morgan fingerprint density at radius 3 is 2.48 bits per heavy atom. The molecule has 0 aromatic heterocycles. The first-order valence-electron chi connectivity index (χ1n) is 8.73. The second-order valence-electron chi connectivity index (χ2n) is 5.97. The molecule has 0 saturated heterocycles. The molecule has 0 saturated carbocycles. The number of carbonyl (C=O) groups excluding carboxylic acids is 3. The van der Waals surface area contributed by atoms with Gasteiger partial charge in [-0.2, -0.15) is 0 Å². The molecule has 1 atom stereocenters. The van der Waals surface area contributed by atoms with Crippen molar-refractivity contribution >= 4 is 17.8 Å². The largest absolute Gasteiger partial charge is 0.463 e. The van der Waals surface area contributed by atoms with Crippen LogP contribution in [0.15, 0.2) is 35.5 Å². The van der Waals surface area contributed by atoms with Crippen molar-refractivity contribution in [1.29, 1.82) is 0 Å². The first kappa shape index (κ1) is 20.6. The highest BCUT2D eigenvalue weighted by atomic mass is 19.1. The van der Waals surface area contributed by atoms with Crippen LogP contribution in [-0.4, -0.2) is 42.4 Å². The molecule has 1 heterocycles. The maximum absolute atomic E-state index is 13.3. The van der Waals surface area contributed by atoms with E-state index in [1.165, 1.54) is 29.2 Å². The van der Waals surface area contributed by atoms with Gasteiger partial charge in [0.2, 0.25) is 5.91 Å². The molecule has 1 aromatic carbocycles. The van der Waals surface area contributed by atoms with Crippen molar-refractivity contribution in [2.24, 2.45) is 0 Å². The molecule has 2 amide bonds. The van der Waals surface area contributed by atoms with Gasteiger partial charge >= 0.3 is 5.97 Å². The Hall–Kier alpha value is -2.74. The highest BCUT2D eigenvalue weighted by Gasteiger charge is 2.37. The summed E-state index contributed by atoms with van der Waals surface area (Å²) in [7, 11) is 0. The van der Waals surface area contributed by atoms with E-state index in [-0.39, 0.29) is 37.7 Å². The molecule has 8 heteroatoms. The van der Waals surface area contributed by atoms with E-state index >= 15 is 0 Å². The Labute approximate surface area is 157 Å². The predicted molar refractivity (Wildman–Crippen MR) is 94.6 cm³/mol. The molecule has 27 heavy (non-hydrogen) atoms. The van der Waals surface area contributed by atoms with E-state index in [1.54, 1.807) is 20.8 Å². The molecule has 7 nitrogen and oxygen atoms in total. The topological polar surface area (TPSA) is 84.9 Å². The molecule has 0 aliphatic carbocycles. The minimum Gasteiger partial charge on any atom is -0.463 e. The molecule has 0 radical (unpaired) electrons. The van der Waals surface area contributed by atoms with Crippen LogP contribution in [0.4, 0.5) is 4.39 Å². The summed E-state index contributed by atoms with van der Waals surface area (Å²) in [6.45, 7) is 5.17. The predicted octanol–water partition coefficient (Wildman–Crippen LogP) is 2.05. The van der Waals surface area contributed by atoms with Gasteiger partial charge in [0.1, 0.15) is 12.4 Å². The van der Waals surface area contributed by atoms with Crippen LogP contribution in [0.2, 0.25) is 0 Å². The third-order valence-electron chi connectivity index (χ3n) is 4.22. The molecular weight excluding hydrogens is 355 g/mol. The Balaban J connectivity index is 2.39. The average molecular weight is 378 g/mol. The quantitative estimate of drug-likeness (QED) is 0.580. The van der Waals surface area contributed by atoms with Crippen molar-refractivity contribution in [3.05, 3.63) is 46.9 Å². The van der Waals surface area contributed by atoms with Crippen molar-refractivity contribution in [3.8, 4) is 0 Å². The first-order valence-corrected chi connectivity index (χ1v) is 8.73. The lowest BCUT2D eigenvalue weighted by atomic mass is 9.83. The average Bonchev–Trinajstić information content (AvgIpc) is 2.63. The minimum atomic E-state index is -0.566. The summed E-state index contributed by atoms with van der Waals surface area (Å²) in [6, 6.07) is 5.63. The van der Waals surface area contributed by atoms with E-state index in [4.69, 9.17) is 9.57 Å². The van der Waals surface area contributed by atoms with E-state index in [0.717, 1.165) is 0 Å². The molecule has 0 fully saturated rings. The monoisotopic (exact) mass is 378 g/mol. The lowest BCUT2D eigenvalue weighted by Crippen LogP contribution is -2.44. The highest BCUT2D eigenvalue weighted by molar-refractivity contribution is 5.97. The van der Waals surface area contributed by atoms with Gasteiger partial charge in [0, 0.05) is 18.0 Å². The summed E-state index contributed by atoms with van der Waals surface area (Å²) in [5, 5.41) is 0. The number of hydroxylamine groups is 1. The van der Waals surface area contributed by atoms with E-state index in [1.807, 2.05) is 0 Å². The van der Waals surface area contributed by atoms with Gasteiger partial charge in [0.05, 0.1) is 18.8 Å². The number of carbonyl (C=O) groups is 3. The minimum absolute atomic E-state index is 0.0287. The SMILES string of the molecule is CCONC(=O)CN1C(=O)CC(c2ccc(F)cc2)C(C(=O)OCC)=C1C. The number of benzene rings is 1. The Bertz CT molecular complexity index is 745. The van der Waals surface area contributed by atoms with Crippen LogP contribution in [-0.2, 0) is 24.0 Å². The summed E-state index contributed by atoms with van der Waals surface area (Å²) >= 11 is 0. The Kier molecular flexibility index (Phi) is 7.06. The lowest BCUT2D eigenvalue weighted by molar-refractivity contribution is -0.143. The van der Waals surface area contributed by atoms with Crippen LogP contribution in [0.3, 0.4) is 0 Å². The number of nitrogens with one attached hydrogen (secondary N) is 1. The van der Waals surface area contributed by atoms with E-state index in [0.29, 0.717) is 11.3 Å². The Morgan fingerprint density at radius 2 is 1.89 bits per heavy atom. The van der Waals surface area contributed by atoms with Gasteiger partial charge in [-0.25, -0.2) is 14.7 Å². The first-order chi connectivity index (χ1) is 12.9. The van der Waals surface area contributed by atoms with Crippen molar-refractivity contribution in [2.45, 2.75) is 33.1 Å². The smallest absolute Gasteiger partial charge is 0.336 e. The number of halogens is 1. The zero-order valence-electron chi connectivity index (χ0n) is 15.6. The van der Waals surface area contributed by atoms with E-state index < -0.39 is 23.6 Å². The number of amides is 2. The number of ether oxygens (including phenoxy) is 1. The normalized spacial score (nSPS) is 17.1. The van der Waals surface area contributed by atoms with Crippen LogP contribution < -0.4 is 5.48 Å². The molecule has 1 aliphatic rings. The number of esters is 1. The molecule has 0 bridgehead atoms. The summed E-state index contributed by atoms with van der Waals surface area (Å²) in [4.78, 5) is 43.2. The van der Waals surface area contributed by atoms with Crippen molar-refractivity contribution in [1.82, 2.24) is 10.4 Å². The Morgan fingerprint density at radius 1 is 1.22 bits per heavy atom. The summed E-state index contributed by atoms with van der Waals surface area (Å²) in [5.41, 5.74) is 3.48. The van der Waals surface area contributed by atoms with Crippen LogP contribution >= 0.6 is 0 Å². The molecule has 1 aromatic rings. The number of hydrogen-bond acceptors (Lipinski definition) is 5. The van der Waals surface area contributed by atoms with Gasteiger partial charge in [-0.3, -0.25) is 14.4 Å². The molecule has 1 N–H and O–H groups in total. The number of nitrogens with zero attached hydrogens (tertiary/aromatic N) is 1. The highest BCUT2D eigenvalue weighted by Crippen LogP contribution is 2.37.